The summed E-state index contributed by atoms with van der Waals surface area (Å²) in [6.45, 7) is 4.36. The first-order valence-corrected chi connectivity index (χ1v) is 5.39. The van der Waals surface area contributed by atoms with Crippen molar-refractivity contribution in [2.45, 2.75) is 19.8 Å². The summed E-state index contributed by atoms with van der Waals surface area (Å²) < 4.78 is 5.36. The number of nitrogens with one attached hydrogen (secondary N) is 1. The number of aromatic nitrogens is 2. The van der Waals surface area contributed by atoms with E-state index in [-0.39, 0.29) is 0 Å². The summed E-state index contributed by atoms with van der Waals surface area (Å²) >= 11 is 0. The normalized spacial score (nSPS) is 10.8. The third kappa shape index (κ3) is 1.94. The van der Waals surface area contributed by atoms with Gasteiger partial charge in [0.05, 0.1) is 25.3 Å². The van der Waals surface area contributed by atoms with Crippen LogP contribution in [0.1, 0.15) is 25.3 Å². The summed E-state index contributed by atoms with van der Waals surface area (Å²) in [5, 5.41) is 0. The van der Waals surface area contributed by atoms with Gasteiger partial charge in [0, 0.05) is 5.56 Å². The Bertz CT molecular complexity index is 461. The SMILES string of the molecule is COc1ccc(C(C)C)cc1-c1cnc[nH]1. The van der Waals surface area contributed by atoms with Crippen LogP contribution in [0.15, 0.2) is 30.7 Å². The van der Waals surface area contributed by atoms with Gasteiger partial charge in [-0.25, -0.2) is 4.98 Å². The first-order chi connectivity index (χ1) is 7.72. The largest absolute Gasteiger partial charge is 0.496 e. The van der Waals surface area contributed by atoms with E-state index in [0.29, 0.717) is 5.92 Å². The molecule has 0 bridgehead atoms. The molecule has 0 saturated heterocycles. The second-order valence-corrected chi connectivity index (χ2v) is 4.08. The van der Waals surface area contributed by atoms with E-state index in [4.69, 9.17) is 4.74 Å². The minimum Gasteiger partial charge on any atom is -0.496 e. The highest BCUT2D eigenvalue weighted by Crippen LogP contribution is 2.31. The molecule has 0 radical (unpaired) electrons. The van der Waals surface area contributed by atoms with Crippen LogP contribution in [0.2, 0.25) is 0 Å². The van der Waals surface area contributed by atoms with Crippen molar-refractivity contribution < 1.29 is 4.74 Å². The Hall–Kier alpha value is -1.77. The fraction of sp³-hybridized carbons (Fsp3) is 0.308. The molecule has 0 amide bonds. The Labute approximate surface area is 95.5 Å². The lowest BCUT2D eigenvalue weighted by molar-refractivity contribution is 0.416. The number of imidazole rings is 1. The lowest BCUT2D eigenvalue weighted by atomic mass is 9.99. The molecule has 1 heterocycles. The minimum absolute atomic E-state index is 0.507. The molecule has 2 aromatic rings. The van der Waals surface area contributed by atoms with Crippen molar-refractivity contribution >= 4 is 0 Å². The summed E-state index contributed by atoms with van der Waals surface area (Å²) in [7, 11) is 1.68. The van der Waals surface area contributed by atoms with Crippen LogP contribution in [-0.4, -0.2) is 17.1 Å². The van der Waals surface area contributed by atoms with E-state index in [9.17, 15) is 0 Å². The summed E-state index contributed by atoms with van der Waals surface area (Å²) in [4.78, 5) is 7.14. The molecule has 0 spiro atoms. The third-order valence-corrected chi connectivity index (χ3v) is 2.68. The van der Waals surface area contributed by atoms with Gasteiger partial charge in [-0.05, 0) is 23.6 Å². The van der Waals surface area contributed by atoms with Crippen LogP contribution in [0.4, 0.5) is 0 Å². The Balaban J connectivity index is 2.52. The molecule has 0 atom stereocenters. The zero-order chi connectivity index (χ0) is 11.5. The molecular weight excluding hydrogens is 200 g/mol. The number of hydrogen-bond acceptors (Lipinski definition) is 2. The van der Waals surface area contributed by atoms with Gasteiger partial charge in [-0.15, -0.1) is 0 Å². The zero-order valence-electron chi connectivity index (χ0n) is 9.82. The predicted molar refractivity (Wildman–Crippen MR) is 64.7 cm³/mol. The number of rotatable bonds is 3. The quantitative estimate of drug-likeness (QED) is 0.855. The summed E-state index contributed by atoms with van der Waals surface area (Å²) in [6.07, 6.45) is 3.48. The maximum absolute atomic E-state index is 5.36. The number of aromatic amines is 1. The molecule has 3 nitrogen and oxygen atoms in total. The van der Waals surface area contributed by atoms with Crippen LogP contribution < -0.4 is 4.74 Å². The second kappa shape index (κ2) is 4.39. The molecule has 1 N–H and O–H groups in total. The average Bonchev–Trinajstić information content (AvgIpc) is 2.81. The number of nitrogens with zero attached hydrogens (tertiary/aromatic N) is 1. The van der Waals surface area contributed by atoms with E-state index in [1.807, 2.05) is 12.3 Å². The highest BCUT2D eigenvalue weighted by molar-refractivity contribution is 5.67. The van der Waals surface area contributed by atoms with Crippen molar-refractivity contribution in [3.63, 3.8) is 0 Å². The molecule has 0 aliphatic heterocycles. The average molecular weight is 216 g/mol. The first-order valence-electron chi connectivity index (χ1n) is 5.39. The molecular formula is C13H16N2O. The van der Waals surface area contributed by atoms with Crippen LogP contribution in [0.3, 0.4) is 0 Å². The van der Waals surface area contributed by atoms with E-state index in [1.54, 1.807) is 13.4 Å². The molecule has 0 saturated carbocycles. The van der Waals surface area contributed by atoms with Crippen LogP contribution in [-0.2, 0) is 0 Å². The molecule has 3 heteroatoms. The van der Waals surface area contributed by atoms with Crippen LogP contribution >= 0.6 is 0 Å². The van der Waals surface area contributed by atoms with E-state index in [0.717, 1.165) is 17.0 Å². The Kier molecular flexibility index (Phi) is 2.95. The topological polar surface area (TPSA) is 37.9 Å². The number of hydrogen-bond donors (Lipinski definition) is 1. The van der Waals surface area contributed by atoms with Gasteiger partial charge >= 0.3 is 0 Å². The van der Waals surface area contributed by atoms with Crippen molar-refractivity contribution in [1.82, 2.24) is 9.97 Å². The highest BCUT2D eigenvalue weighted by atomic mass is 16.5. The van der Waals surface area contributed by atoms with Gasteiger partial charge in [-0.2, -0.15) is 0 Å². The Morgan fingerprint density at radius 3 is 2.69 bits per heavy atom. The zero-order valence-corrected chi connectivity index (χ0v) is 9.82. The Morgan fingerprint density at radius 2 is 2.12 bits per heavy atom. The predicted octanol–water partition coefficient (Wildman–Crippen LogP) is 3.21. The van der Waals surface area contributed by atoms with Gasteiger partial charge in [0.15, 0.2) is 0 Å². The fourth-order valence-corrected chi connectivity index (χ4v) is 1.70. The van der Waals surface area contributed by atoms with Crippen molar-refractivity contribution in [2.24, 2.45) is 0 Å². The number of benzene rings is 1. The van der Waals surface area contributed by atoms with E-state index < -0.39 is 0 Å². The smallest absolute Gasteiger partial charge is 0.128 e. The molecule has 0 aliphatic rings. The Morgan fingerprint density at radius 1 is 1.31 bits per heavy atom. The molecule has 2 rings (SSSR count). The van der Waals surface area contributed by atoms with E-state index in [2.05, 4.69) is 35.9 Å². The van der Waals surface area contributed by atoms with E-state index in [1.165, 1.54) is 5.56 Å². The molecule has 1 aromatic carbocycles. The third-order valence-electron chi connectivity index (χ3n) is 2.68. The lowest BCUT2D eigenvalue weighted by Crippen LogP contribution is -1.92. The van der Waals surface area contributed by atoms with Gasteiger partial charge in [-0.3, -0.25) is 0 Å². The number of ether oxygens (including phenoxy) is 1. The maximum atomic E-state index is 5.36. The molecule has 84 valence electrons. The van der Waals surface area contributed by atoms with Crippen molar-refractivity contribution in [2.75, 3.05) is 7.11 Å². The van der Waals surface area contributed by atoms with Crippen LogP contribution in [0.5, 0.6) is 5.75 Å². The van der Waals surface area contributed by atoms with Gasteiger partial charge in [0.2, 0.25) is 0 Å². The second-order valence-electron chi connectivity index (χ2n) is 4.08. The molecule has 0 unspecified atom stereocenters. The lowest BCUT2D eigenvalue weighted by Gasteiger charge is -2.11. The molecule has 0 fully saturated rings. The van der Waals surface area contributed by atoms with Crippen molar-refractivity contribution in [1.29, 1.82) is 0 Å². The maximum Gasteiger partial charge on any atom is 0.128 e. The van der Waals surface area contributed by atoms with Gasteiger partial charge in [-0.1, -0.05) is 19.9 Å². The minimum atomic E-state index is 0.507. The molecule has 0 aliphatic carbocycles. The summed E-state index contributed by atoms with van der Waals surface area (Å²) in [5.41, 5.74) is 3.34. The fourth-order valence-electron chi connectivity index (χ4n) is 1.70. The van der Waals surface area contributed by atoms with Crippen LogP contribution in [0.25, 0.3) is 11.3 Å². The first kappa shape index (κ1) is 10.7. The van der Waals surface area contributed by atoms with Gasteiger partial charge < -0.3 is 9.72 Å². The van der Waals surface area contributed by atoms with Gasteiger partial charge in [0.1, 0.15) is 5.75 Å². The van der Waals surface area contributed by atoms with Crippen LogP contribution in [0, 0.1) is 0 Å². The molecule has 16 heavy (non-hydrogen) atoms. The number of methoxy groups -OCH3 is 1. The number of H-pyrrole nitrogens is 1. The van der Waals surface area contributed by atoms with Crippen molar-refractivity contribution in [3.05, 3.63) is 36.3 Å². The molecule has 1 aromatic heterocycles. The van der Waals surface area contributed by atoms with Crippen molar-refractivity contribution in [3.8, 4) is 17.0 Å². The van der Waals surface area contributed by atoms with Gasteiger partial charge in [0.25, 0.3) is 0 Å². The summed E-state index contributed by atoms with van der Waals surface area (Å²) in [5.74, 6) is 1.38. The standard InChI is InChI=1S/C13H16N2O/c1-9(2)10-4-5-13(16-3)11(6-10)12-7-14-8-15-12/h4-9H,1-3H3,(H,14,15). The monoisotopic (exact) mass is 216 g/mol. The highest BCUT2D eigenvalue weighted by Gasteiger charge is 2.09. The summed E-state index contributed by atoms with van der Waals surface area (Å²) in [6, 6.07) is 6.26. The van der Waals surface area contributed by atoms with E-state index >= 15 is 0 Å².